The first-order chi connectivity index (χ1) is 10.2. The van der Waals surface area contributed by atoms with E-state index >= 15 is 0 Å². The number of esters is 1. The van der Waals surface area contributed by atoms with E-state index in [1.54, 1.807) is 0 Å². The summed E-state index contributed by atoms with van der Waals surface area (Å²) in [5, 5.41) is 0. The summed E-state index contributed by atoms with van der Waals surface area (Å²) in [4.78, 5) is 24.8. The molecule has 0 aromatic heterocycles. The third kappa shape index (κ3) is 3.71. The fraction of sp³-hybridized carbons (Fsp3) is 0.467. The average Bonchev–Trinajstić information content (AvgIpc) is 2.97. The molecular formula is C15H18FNO4. The van der Waals surface area contributed by atoms with E-state index in [0.29, 0.717) is 0 Å². The standard InChI is InChI=1S/C15H18FNO4/c1-20-14(18)12-7-13(8-16)17(9-12)15(19)21-10-11-5-3-2-4-6-11/h2-6,12-13H,7-10H2,1H3. The fourth-order valence-corrected chi connectivity index (χ4v) is 2.43. The Bertz CT molecular complexity index is 494. The number of amides is 1. The Kier molecular flexibility index (Phi) is 5.14. The molecule has 1 heterocycles. The van der Waals surface area contributed by atoms with Crippen molar-refractivity contribution in [3.63, 3.8) is 0 Å². The van der Waals surface area contributed by atoms with Crippen LogP contribution in [-0.4, -0.2) is 43.3 Å². The molecule has 114 valence electrons. The summed E-state index contributed by atoms with van der Waals surface area (Å²) in [6.07, 6.45) is -0.336. The number of alkyl halides is 1. The van der Waals surface area contributed by atoms with Gasteiger partial charge in [0.2, 0.25) is 0 Å². The molecule has 21 heavy (non-hydrogen) atoms. The molecule has 2 unspecified atom stereocenters. The highest BCUT2D eigenvalue weighted by Gasteiger charge is 2.40. The summed E-state index contributed by atoms with van der Waals surface area (Å²) < 4.78 is 22.8. The van der Waals surface area contributed by atoms with Crippen LogP contribution in [0.5, 0.6) is 0 Å². The zero-order valence-electron chi connectivity index (χ0n) is 11.8. The van der Waals surface area contributed by atoms with Gasteiger partial charge < -0.3 is 14.4 Å². The average molecular weight is 295 g/mol. The van der Waals surface area contributed by atoms with Crippen molar-refractivity contribution in [2.24, 2.45) is 5.92 Å². The molecule has 1 saturated heterocycles. The van der Waals surface area contributed by atoms with Gasteiger partial charge in [-0.2, -0.15) is 0 Å². The van der Waals surface area contributed by atoms with Crippen LogP contribution in [-0.2, 0) is 20.9 Å². The van der Waals surface area contributed by atoms with Gasteiger partial charge in [-0.1, -0.05) is 30.3 Å². The maximum absolute atomic E-state index is 13.0. The molecule has 0 bridgehead atoms. The number of nitrogens with zero attached hydrogens (tertiary/aromatic N) is 1. The summed E-state index contributed by atoms with van der Waals surface area (Å²) in [6, 6.07) is 8.60. The lowest BCUT2D eigenvalue weighted by molar-refractivity contribution is -0.144. The molecule has 0 radical (unpaired) electrons. The van der Waals surface area contributed by atoms with E-state index in [2.05, 4.69) is 4.74 Å². The van der Waals surface area contributed by atoms with E-state index in [0.717, 1.165) is 5.56 Å². The van der Waals surface area contributed by atoms with Crippen LogP contribution in [0.1, 0.15) is 12.0 Å². The molecule has 0 N–H and O–H groups in total. The monoisotopic (exact) mass is 295 g/mol. The number of methoxy groups -OCH3 is 1. The van der Waals surface area contributed by atoms with Gasteiger partial charge in [0.15, 0.2) is 0 Å². The molecular weight excluding hydrogens is 277 g/mol. The van der Waals surface area contributed by atoms with Crippen LogP contribution in [0.4, 0.5) is 9.18 Å². The van der Waals surface area contributed by atoms with Gasteiger partial charge in [0, 0.05) is 6.54 Å². The van der Waals surface area contributed by atoms with Gasteiger partial charge >= 0.3 is 12.1 Å². The second-order valence-electron chi connectivity index (χ2n) is 4.96. The van der Waals surface area contributed by atoms with E-state index in [1.165, 1.54) is 12.0 Å². The third-order valence-corrected chi connectivity index (χ3v) is 3.57. The van der Waals surface area contributed by atoms with E-state index in [-0.39, 0.29) is 19.6 Å². The molecule has 1 aromatic rings. The van der Waals surface area contributed by atoms with Crippen molar-refractivity contribution in [2.45, 2.75) is 19.1 Å². The number of carbonyl (C=O) groups is 2. The Morgan fingerprint density at radius 2 is 2.05 bits per heavy atom. The van der Waals surface area contributed by atoms with Crippen molar-refractivity contribution in [3.8, 4) is 0 Å². The molecule has 1 aromatic carbocycles. The molecule has 0 aliphatic carbocycles. The summed E-state index contributed by atoms with van der Waals surface area (Å²) in [5.74, 6) is -0.910. The van der Waals surface area contributed by atoms with Crippen molar-refractivity contribution in [2.75, 3.05) is 20.3 Å². The highest BCUT2D eigenvalue weighted by Crippen LogP contribution is 2.25. The van der Waals surface area contributed by atoms with E-state index < -0.39 is 30.7 Å². The topological polar surface area (TPSA) is 55.8 Å². The molecule has 5 nitrogen and oxygen atoms in total. The fourth-order valence-electron chi connectivity index (χ4n) is 2.43. The van der Waals surface area contributed by atoms with Gasteiger partial charge in [0.05, 0.1) is 19.1 Å². The number of halogens is 1. The molecule has 1 aliphatic heterocycles. The largest absolute Gasteiger partial charge is 0.469 e. The lowest BCUT2D eigenvalue weighted by Crippen LogP contribution is -2.37. The minimum absolute atomic E-state index is 0.123. The van der Waals surface area contributed by atoms with Gasteiger partial charge in [-0.25, -0.2) is 9.18 Å². The van der Waals surface area contributed by atoms with Gasteiger partial charge in [-0.15, -0.1) is 0 Å². The zero-order chi connectivity index (χ0) is 15.2. The van der Waals surface area contributed by atoms with Crippen molar-refractivity contribution < 1.29 is 23.5 Å². The second-order valence-corrected chi connectivity index (χ2v) is 4.96. The number of rotatable bonds is 4. The van der Waals surface area contributed by atoms with Crippen molar-refractivity contribution >= 4 is 12.1 Å². The highest BCUT2D eigenvalue weighted by molar-refractivity contribution is 5.76. The van der Waals surface area contributed by atoms with Gasteiger partial charge in [-0.3, -0.25) is 4.79 Å². The predicted molar refractivity (Wildman–Crippen MR) is 73.2 cm³/mol. The van der Waals surface area contributed by atoms with Crippen LogP contribution in [0.15, 0.2) is 30.3 Å². The van der Waals surface area contributed by atoms with Crippen LogP contribution in [0.3, 0.4) is 0 Å². The molecule has 2 rings (SSSR count). The first kappa shape index (κ1) is 15.3. The second kappa shape index (κ2) is 7.06. The number of hydrogen-bond donors (Lipinski definition) is 0. The smallest absolute Gasteiger partial charge is 0.410 e. The number of likely N-dealkylation sites (tertiary alicyclic amines) is 1. The first-order valence-corrected chi connectivity index (χ1v) is 6.76. The molecule has 2 atom stereocenters. The quantitative estimate of drug-likeness (QED) is 0.799. The van der Waals surface area contributed by atoms with Crippen LogP contribution in [0.25, 0.3) is 0 Å². The van der Waals surface area contributed by atoms with Crippen LogP contribution in [0, 0.1) is 5.92 Å². The maximum atomic E-state index is 13.0. The first-order valence-electron chi connectivity index (χ1n) is 6.76. The van der Waals surface area contributed by atoms with Gasteiger partial charge in [-0.05, 0) is 12.0 Å². The van der Waals surface area contributed by atoms with Crippen LogP contribution >= 0.6 is 0 Å². The summed E-state index contributed by atoms with van der Waals surface area (Å²) in [7, 11) is 1.28. The van der Waals surface area contributed by atoms with Crippen molar-refractivity contribution in [1.29, 1.82) is 0 Å². The lowest BCUT2D eigenvalue weighted by Gasteiger charge is -2.21. The molecule has 1 amide bonds. The molecule has 0 saturated carbocycles. The predicted octanol–water partition coefficient (Wildman–Crippen LogP) is 2.16. The van der Waals surface area contributed by atoms with Gasteiger partial charge in [0.25, 0.3) is 0 Å². The van der Waals surface area contributed by atoms with Crippen molar-refractivity contribution in [1.82, 2.24) is 4.90 Å². The summed E-state index contributed by atoms with van der Waals surface area (Å²) >= 11 is 0. The molecule has 0 spiro atoms. The van der Waals surface area contributed by atoms with E-state index in [4.69, 9.17) is 4.74 Å². The Balaban J connectivity index is 1.93. The SMILES string of the molecule is COC(=O)C1CC(CF)N(C(=O)OCc2ccccc2)C1. The highest BCUT2D eigenvalue weighted by atomic mass is 19.1. The zero-order valence-corrected chi connectivity index (χ0v) is 11.8. The maximum Gasteiger partial charge on any atom is 0.410 e. The molecule has 1 aliphatic rings. The van der Waals surface area contributed by atoms with Crippen molar-refractivity contribution in [3.05, 3.63) is 35.9 Å². The Labute approximate surface area is 122 Å². The summed E-state index contributed by atoms with van der Waals surface area (Å²) in [6.45, 7) is -0.444. The van der Waals surface area contributed by atoms with Gasteiger partial charge in [0.1, 0.15) is 13.3 Å². The Morgan fingerprint density at radius 1 is 1.33 bits per heavy atom. The third-order valence-electron chi connectivity index (χ3n) is 3.57. The number of hydrogen-bond acceptors (Lipinski definition) is 4. The normalized spacial score (nSPS) is 21.1. The minimum Gasteiger partial charge on any atom is -0.469 e. The molecule has 6 heteroatoms. The lowest BCUT2D eigenvalue weighted by atomic mass is 10.1. The minimum atomic E-state index is -0.700. The summed E-state index contributed by atoms with van der Waals surface area (Å²) in [5.41, 5.74) is 0.853. The number of ether oxygens (including phenoxy) is 2. The molecule has 1 fully saturated rings. The van der Waals surface area contributed by atoms with E-state index in [1.807, 2.05) is 30.3 Å². The Morgan fingerprint density at radius 3 is 2.67 bits per heavy atom. The van der Waals surface area contributed by atoms with Crippen LogP contribution in [0.2, 0.25) is 0 Å². The number of carbonyl (C=O) groups excluding carboxylic acids is 2. The van der Waals surface area contributed by atoms with E-state index in [9.17, 15) is 14.0 Å². The number of benzene rings is 1. The van der Waals surface area contributed by atoms with Crippen LogP contribution < -0.4 is 0 Å². The Hall–Kier alpha value is -2.11.